The Morgan fingerprint density at radius 2 is 1.50 bits per heavy atom. The van der Waals surface area contributed by atoms with Gasteiger partial charge in [0.15, 0.2) is 0 Å². The lowest BCUT2D eigenvalue weighted by atomic mass is 10.1. The van der Waals surface area contributed by atoms with Crippen molar-refractivity contribution in [3.63, 3.8) is 0 Å². The monoisotopic (exact) mass is 400 g/mol. The smallest absolute Gasteiger partial charge is 0.114 e. The number of unbranched alkanes of at least 4 members (excludes halogenated alkanes) is 11. The number of hydrogen-bond donors (Lipinski definition) is 3. The Labute approximate surface area is 172 Å². The average molecular weight is 401 g/mol. The SMILES string of the molecule is CCCCCC/C=C/CCCCCCCCCO[C@@H]1CO[C@@H]([C@@H](O)CO)[C@H]1O. The van der Waals surface area contributed by atoms with Crippen LogP contribution in [0.15, 0.2) is 12.2 Å². The Morgan fingerprint density at radius 3 is 2.11 bits per heavy atom. The fourth-order valence-electron chi connectivity index (χ4n) is 3.61. The third-order valence-corrected chi connectivity index (χ3v) is 5.47. The molecule has 1 fully saturated rings. The Hall–Kier alpha value is -0.460. The van der Waals surface area contributed by atoms with Gasteiger partial charge in [-0.25, -0.2) is 0 Å². The first-order chi connectivity index (χ1) is 13.7. The second-order valence-corrected chi connectivity index (χ2v) is 8.03. The van der Waals surface area contributed by atoms with E-state index in [9.17, 15) is 10.2 Å². The van der Waals surface area contributed by atoms with E-state index < -0.39 is 31.0 Å². The molecule has 0 saturated carbocycles. The summed E-state index contributed by atoms with van der Waals surface area (Å²) >= 11 is 0. The number of aliphatic hydroxyl groups excluding tert-OH is 3. The van der Waals surface area contributed by atoms with Crippen LogP contribution in [0, 0.1) is 0 Å². The van der Waals surface area contributed by atoms with Crippen molar-refractivity contribution in [1.82, 2.24) is 0 Å². The fraction of sp³-hybridized carbons (Fsp3) is 0.913. The van der Waals surface area contributed by atoms with Crippen LogP contribution in [0.25, 0.3) is 0 Å². The quantitative estimate of drug-likeness (QED) is 0.238. The zero-order valence-corrected chi connectivity index (χ0v) is 17.9. The van der Waals surface area contributed by atoms with Crippen molar-refractivity contribution in [2.24, 2.45) is 0 Å². The van der Waals surface area contributed by atoms with Crippen molar-refractivity contribution < 1.29 is 24.8 Å². The summed E-state index contributed by atoms with van der Waals surface area (Å²) in [6.45, 7) is 2.72. The van der Waals surface area contributed by atoms with Crippen LogP contribution in [0.1, 0.15) is 90.4 Å². The summed E-state index contributed by atoms with van der Waals surface area (Å²) in [5.41, 5.74) is 0. The highest BCUT2D eigenvalue weighted by Gasteiger charge is 2.40. The van der Waals surface area contributed by atoms with E-state index in [2.05, 4.69) is 19.1 Å². The number of allylic oxidation sites excluding steroid dienone is 2. The van der Waals surface area contributed by atoms with Gasteiger partial charge in [0.1, 0.15) is 24.4 Å². The van der Waals surface area contributed by atoms with Crippen molar-refractivity contribution in [3.05, 3.63) is 12.2 Å². The maximum Gasteiger partial charge on any atom is 0.114 e. The summed E-state index contributed by atoms with van der Waals surface area (Å²) < 4.78 is 11.0. The van der Waals surface area contributed by atoms with Gasteiger partial charge in [-0.05, 0) is 32.1 Å². The van der Waals surface area contributed by atoms with Gasteiger partial charge in [0.05, 0.1) is 13.2 Å². The molecule has 0 amide bonds. The van der Waals surface area contributed by atoms with Gasteiger partial charge in [0.2, 0.25) is 0 Å². The van der Waals surface area contributed by atoms with Gasteiger partial charge in [0, 0.05) is 6.61 Å². The van der Waals surface area contributed by atoms with Crippen molar-refractivity contribution in [3.8, 4) is 0 Å². The van der Waals surface area contributed by atoms with E-state index in [0.29, 0.717) is 6.61 Å². The minimum absolute atomic E-state index is 0.274. The molecule has 0 unspecified atom stereocenters. The summed E-state index contributed by atoms with van der Waals surface area (Å²) in [6.07, 6.45) is 18.1. The molecular weight excluding hydrogens is 356 g/mol. The lowest BCUT2D eigenvalue weighted by Gasteiger charge is -2.20. The van der Waals surface area contributed by atoms with E-state index in [0.717, 1.165) is 12.8 Å². The average Bonchev–Trinajstić information content (AvgIpc) is 3.07. The molecule has 1 aliphatic heterocycles. The molecule has 5 nitrogen and oxygen atoms in total. The van der Waals surface area contributed by atoms with Gasteiger partial charge >= 0.3 is 0 Å². The number of ether oxygens (including phenoxy) is 2. The highest BCUT2D eigenvalue weighted by Crippen LogP contribution is 2.20. The second kappa shape index (κ2) is 17.4. The van der Waals surface area contributed by atoms with Crippen molar-refractivity contribution in [2.45, 2.75) is 115 Å². The summed E-state index contributed by atoms with van der Waals surface area (Å²) in [5.74, 6) is 0. The lowest BCUT2D eigenvalue weighted by molar-refractivity contribution is -0.0730. The number of hydrogen-bond acceptors (Lipinski definition) is 5. The van der Waals surface area contributed by atoms with E-state index in [1.807, 2.05) is 0 Å². The van der Waals surface area contributed by atoms with E-state index in [-0.39, 0.29) is 6.61 Å². The zero-order valence-electron chi connectivity index (χ0n) is 17.9. The van der Waals surface area contributed by atoms with Crippen LogP contribution in [-0.2, 0) is 9.47 Å². The van der Waals surface area contributed by atoms with Crippen molar-refractivity contribution >= 4 is 0 Å². The van der Waals surface area contributed by atoms with Crippen LogP contribution in [0.3, 0.4) is 0 Å². The number of rotatable bonds is 18. The molecule has 0 radical (unpaired) electrons. The van der Waals surface area contributed by atoms with Crippen LogP contribution >= 0.6 is 0 Å². The van der Waals surface area contributed by atoms with Gasteiger partial charge < -0.3 is 24.8 Å². The van der Waals surface area contributed by atoms with Gasteiger partial charge in [-0.3, -0.25) is 0 Å². The molecule has 1 heterocycles. The molecule has 0 aliphatic carbocycles. The van der Waals surface area contributed by atoms with Crippen LogP contribution in [0.2, 0.25) is 0 Å². The van der Waals surface area contributed by atoms with Crippen molar-refractivity contribution in [2.75, 3.05) is 19.8 Å². The van der Waals surface area contributed by atoms with E-state index in [4.69, 9.17) is 14.6 Å². The van der Waals surface area contributed by atoms with Gasteiger partial charge in [-0.2, -0.15) is 0 Å². The Balaban J connectivity index is 1.84. The third-order valence-electron chi connectivity index (χ3n) is 5.47. The number of aliphatic hydroxyl groups is 3. The Bertz CT molecular complexity index is 374. The third kappa shape index (κ3) is 11.5. The molecule has 1 rings (SSSR count). The maximum absolute atomic E-state index is 10.0. The molecule has 1 saturated heterocycles. The summed E-state index contributed by atoms with van der Waals surface area (Å²) in [7, 11) is 0. The van der Waals surface area contributed by atoms with Crippen LogP contribution in [0.4, 0.5) is 0 Å². The molecule has 0 aromatic heterocycles. The molecule has 0 bridgehead atoms. The molecule has 0 spiro atoms. The zero-order chi connectivity index (χ0) is 20.5. The van der Waals surface area contributed by atoms with Gasteiger partial charge in [-0.15, -0.1) is 0 Å². The van der Waals surface area contributed by atoms with Crippen LogP contribution in [-0.4, -0.2) is 59.6 Å². The largest absolute Gasteiger partial charge is 0.394 e. The predicted molar refractivity (Wildman–Crippen MR) is 113 cm³/mol. The molecule has 0 aromatic carbocycles. The summed E-state index contributed by atoms with van der Waals surface area (Å²) in [4.78, 5) is 0. The topological polar surface area (TPSA) is 79.2 Å². The normalized spacial score (nSPS) is 23.6. The van der Waals surface area contributed by atoms with Crippen LogP contribution in [0.5, 0.6) is 0 Å². The molecule has 5 heteroatoms. The molecule has 0 aromatic rings. The molecule has 3 N–H and O–H groups in total. The summed E-state index contributed by atoms with van der Waals surface area (Å²) in [5, 5.41) is 28.6. The highest BCUT2D eigenvalue weighted by molar-refractivity contribution is 4.88. The van der Waals surface area contributed by atoms with Gasteiger partial charge in [-0.1, -0.05) is 70.4 Å². The second-order valence-electron chi connectivity index (χ2n) is 8.03. The van der Waals surface area contributed by atoms with E-state index in [1.54, 1.807) is 0 Å². The Morgan fingerprint density at radius 1 is 0.929 bits per heavy atom. The van der Waals surface area contributed by atoms with Gasteiger partial charge in [0.25, 0.3) is 0 Å². The fourth-order valence-corrected chi connectivity index (χ4v) is 3.61. The molecule has 1 aliphatic rings. The van der Waals surface area contributed by atoms with E-state index in [1.165, 1.54) is 70.6 Å². The lowest BCUT2D eigenvalue weighted by Crippen LogP contribution is -2.41. The molecule has 4 atom stereocenters. The minimum Gasteiger partial charge on any atom is -0.394 e. The predicted octanol–water partition coefficient (Wildman–Crippen LogP) is 4.13. The first-order valence-electron chi connectivity index (χ1n) is 11.6. The first-order valence-corrected chi connectivity index (χ1v) is 11.6. The van der Waals surface area contributed by atoms with Crippen molar-refractivity contribution in [1.29, 1.82) is 0 Å². The highest BCUT2D eigenvalue weighted by atomic mass is 16.6. The standard InChI is InChI=1S/C23H44O5/c1-2-3-4-5-6-7-8-9-10-11-12-13-14-15-16-17-27-21-19-28-23(22(21)26)20(25)18-24/h7-8,20-26H,2-6,9-19H2,1H3/b8-7+/t20-,21+,22-,23-/m0/s1. The van der Waals surface area contributed by atoms with Crippen LogP contribution < -0.4 is 0 Å². The maximum atomic E-state index is 10.0. The summed E-state index contributed by atoms with van der Waals surface area (Å²) in [6, 6.07) is 0. The molecule has 28 heavy (non-hydrogen) atoms. The van der Waals surface area contributed by atoms with E-state index >= 15 is 0 Å². The first kappa shape index (κ1) is 25.6. The minimum atomic E-state index is -1.05. The molecule has 166 valence electrons. The Kier molecular flexibility index (Phi) is 15.9. The molecular formula is C23H44O5.